The van der Waals surface area contributed by atoms with Crippen molar-refractivity contribution < 1.29 is 14.5 Å². The summed E-state index contributed by atoms with van der Waals surface area (Å²) in [5, 5.41) is 14.4. The Hall–Kier alpha value is -0.890. The highest BCUT2D eigenvalue weighted by atomic mass is 32.2. The first-order valence-corrected chi connectivity index (χ1v) is 10.8. The lowest BCUT2D eigenvalue weighted by Gasteiger charge is -2.15. The third-order valence-electron chi connectivity index (χ3n) is 3.55. The van der Waals surface area contributed by atoms with Gasteiger partial charge in [-0.05, 0) is 18.6 Å². The number of carbonyl (C=O) groups is 1. The van der Waals surface area contributed by atoms with Gasteiger partial charge in [0.05, 0.1) is 4.92 Å². The summed E-state index contributed by atoms with van der Waals surface area (Å²) in [4.78, 5) is 22.4. The molecule has 0 saturated carbocycles. The molecule has 0 unspecified atom stereocenters. The van der Waals surface area contributed by atoms with Crippen LogP contribution in [0.1, 0.15) is 51.9 Å². The van der Waals surface area contributed by atoms with Crippen LogP contribution in [0.25, 0.3) is 0 Å². The maximum atomic E-state index is 11.9. The van der Waals surface area contributed by atoms with E-state index in [1.165, 1.54) is 50.3 Å². The Balaban J connectivity index is 2.17. The van der Waals surface area contributed by atoms with E-state index in [9.17, 15) is 14.9 Å². The van der Waals surface area contributed by atoms with Crippen LogP contribution in [0.5, 0.6) is 0 Å². The number of nitro groups is 1. The fourth-order valence-electron chi connectivity index (χ4n) is 2.25. The molecule has 138 valence electrons. The van der Waals surface area contributed by atoms with E-state index in [2.05, 4.69) is 12.2 Å². The van der Waals surface area contributed by atoms with Crippen molar-refractivity contribution in [3.8, 4) is 0 Å². The van der Waals surface area contributed by atoms with Gasteiger partial charge in [-0.3, -0.25) is 10.1 Å². The van der Waals surface area contributed by atoms with E-state index in [-0.39, 0.29) is 6.61 Å². The Bertz CT molecular complexity index is 422. The number of carbonyl (C=O) groups excluding carboxylic acids is 1. The van der Waals surface area contributed by atoms with E-state index >= 15 is 0 Å². The first-order valence-electron chi connectivity index (χ1n) is 8.67. The summed E-state index contributed by atoms with van der Waals surface area (Å²) in [7, 11) is 0. The van der Waals surface area contributed by atoms with Gasteiger partial charge in [0, 0.05) is 18.1 Å². The van der Waals surface area contributed by atoms with Crippen molar-refractivity contribution in [3.63, 3.8) is 0 Å². The summed E-state index contributed by atoms with van der Waals surface area (Å²) in [6.45, 7) is 3.08. The summed E-state index contributed by atoms with van der Waals surface area (Å²) < 4.78 is 5.07. The minimum absolute atomic E-state index is 0.217. The lowest BCUT2D eigenvalue weighted by Crippen LogP contribution is -2.26. The van der Waals surface area contributed by atoms with Crippen molar-refractivity contribution in [3.05, 3.63) is 20.8 Å². The lowest BCUT2D eigenvalue weighted by atomic mass is 10.1. The molecule has 1 heterocycles. The van der Waals surface area contributed by atoms with Crippen LogP contribution in [0.3, 0.4) is 0 Å². The molecule has 0 aromatic carbocycles. The Morgan fingerprint density at radius 1 is 1.29 bits per heavy atom. The van der Waals surface area contributed by atoms with Crippen molar-refractivity contribution in [2.45, 2.75) is 51.9 Å². The fourth-order valence-corrected chi connectivity index (χ4v) is 4.05. The van der Waals surface area contributed by atoms with Crippen molar-refractivity contribution in [2.75, 3.05) is 30.4 Å². The van der Waals surface area contributed by atoms with Crippen LogP contribution in [0, 0.1) is 10.1 Å². The van der Waals surface area contributed by atoms with Gasteiger partial charge in [0.25, 0.3) is 0 Å². The van der Waals surface area contributed by atoms with Crippen LogP contribution in [-0.4, -0.2) is 41.3 Å². The first-order chi connectivity index (χ1) is 11.7. The number of unbranched alkanes of at least 4 members (excludes halogenated alkanes) is 5. The number of esters is 1. The Morgan fingerprint density at radius 3 is 2.71 bits per heavy atom. The van der Waals surface area contributed by atoms with E-state index in [1.54, 1.807) is 11.8 Å². The quantitative estimate of drug-likeness (QED) is 0.182. The summed E-state index contributed by atoms with van der Waals surface area (Å²) >= 11 is 3.04. The van der Waals surface area contributed by atoms with E-state index in [4.69, 9.17) is 4.74 Å². The van der Waals surface area contributed by atoms with E-state index in [0.717, 1.165) is 17.9 Å². The molecule has 1 aliphatic rings. The van der Waals surface area contributed by atoms with Gasteiger partial charge in [-0.15, -0.1) is 11.8 Å². The second-order valence-corrected chi connectivity index (χ2v) is 7.91. The summed E-state index contributed by atoms with van der Waals surface area (Å²) in [6.07, 6.45) is 8.52. The number of ether oxygens (including phenoxy) is 1. The Labute approximate surface area is 152 Å². The molecule has 1 fully saturated rings. The third-order valence-corrected chi connectivity index (χ3v) is 5.70. The van der Waals surface area contributed by atoms with Crippen LogP contribution in [-0.2, 0) is 9.53 Å². The third kappa shape index (κ3) is 8.82. The molecule has 0 aromatic rings. The standard InChI is InChI=1S/C16H28N2O4S2/c1-2-3-4-5-6-7-11-23-13-10-22-16(19)14(18(20)21)15-17-9-8-12-24-15/h17H,2-13H2,1H3. The molecule has 1 rings (SSSR count). The normalized spacial score (nSPS) is 16.4. The molecule has 0 bridgehead atoms. The maximum absolute atomic E-state index is 11.9. The molecule has 6 nitrogen and oxygen atoms in total. The average Bonchev–Trinajstić information content (AvgIpc) is 2.57. The highest BCUT2D eigenvalue weighted by molar-refractivity contribution is 8.03. The number of rotatable bonds is 12. The molecule has 8 heteroatoms. The molecule has 0 aromatic heterocycles. The van der Waals surface area contributed by atoms with E-state index < -0.39 is 16.6 Å². The fraction of sp³-hybridized carbons (Fsp3) is 0.812. The highest BCUT2D eigenvalue weighted by Crippen LogP contribution is 2.23. The van der Waals surface area contributed by atoms with Crippen LogP contribution in [0.4, 0.5) is 0 Å². The molecular weight excluding hydrogens is 348 g/mol. The number of nitrogens with zero attached hydrogens (tertiary/aromatic N) is 1. The van der Waals surface area contributed by atoms with Crippen LogP contribution < -0.4 is 5.32 Å². The largest absolute Gasteiger partial charge is 0.457 e. The lowest BCUT2D eigenvalue weighted by molar-refractivity contribution is -0.422. The Morgan fingerprint density at radius 2 is 2.04 bits per heavy atom. The van der Waals surface area contributed by atoms with Crippen molar-refractivity contribution in [2.24, 2.45) is 0 Å². The SMILES string of the molecule is CCCCCCCCSCCOC(=O)C(=C1NCCCS1)[N+](=O)[O-]. The summed E-state index contributed by atoms with van der Waals surface area (Å²) in [6, 6.07) is 0. The molecular formula is C16H28N2O4S2. The van der Waals surface area contributed by atoms with Crippen molar-refractivity contribution >= 4 is 29.5 Å². The highest BCUT2D eigenvalue weighted by Gasteiger charge is 2.30. The Kier molecular flexibility index (Phi) is 11.8. The van der Waals surface area contributed by atoms with Gasteiger partial charge in [-0.1, -0.05) is 39.0 Å². The van der Waals surface area contributed by atoms with Gasteiger partial charge in [0.2, 0.25) is 0 Å². The number of thioether (sulfide) groups is 2. The van der Waals surface area contributed by atoms with Gasteiger partial charge < -0.3 is 10.1 Å². The molecule has 1 saturated heterocycles. The molecule has 0 radical (unpaired) electrons. The molecule has 0 aliphatic carbocycles. The molecule has 0 spiro atoms. The van der Waals surface area contributed by atoms with Crippen LogP contribution >= 0.6 is 23.5 Å². The number of hydrogen-bond acceptors (Lipinski definition) is 7. The maximum Gasteiger partial charge on any atom is 0.412 e. The van der Waals surface area contributed by atoms with Crippen LogP contribution in [0.2, 0.25) is 0 Å². The zero-order valence-corrected chi connectivity index (χ0v) is 16.0. The van der Waals surface area contributed by atoms with Gasteiger partial charge >= 0.3 is 11.7 Å². The van der Waals surface area contributed by atoms with Crippen molar-refractivity contribution in [1.29, 1.82) is 0 Å². The summed E-state index contributed by atoms with van der Waals surface area (Å²) in [5.41, 5.74) is -0.458. The zero-order valence-electron chi connectivity index (χ0n) is 14.4. The first kappa shape index (κ1) is 21.2. The average molecular weight is 377 g/mol. The van der Waals surface area contributed by atoms with Gasteiger partial charge in [-0.25, -0.2) is 4.79 Å². The van der Waals surface area contributed by atoms with Crippen LogP contribution in [0.15, 0.2) is 10.7 Å². The second kappa shape index (κ2) is 13.4. The zero-order chi connectivity index (χ0) is 17.6. The molecule has 24 heavy (non-hydrogen) atoms. The van der Waals surface area contributed by atoms with E-state index in [1.807, 2.05) is 0 Å². The number of hydrogen-bond donors (Lipinski definition) is 1. The van der Waals surface area contributed by atoms with Gasteiger partial charge in [0.1, 0.15) is 6.61 Å². The molecule has 1 N–H and O–H groups in total. The minimum atomic E-state index is -0.836. The topological polar surface area (TPSA) is 81.5 Å². The molecule has 0 amide bonds. The molecule has 1 aliphatic heterocycles. The monoisotopic (exact) mass is 376 g/mol. The van der Waals surface area contributed by atoms with Gasteiger partial charge in [0.15, 0.2) is 5.03 Å². The van der Waals surface area contributed by atoms with Crippen molar-refractivity contribution in [1.82, 2.24) is 5.32 Å². The minimum Gasteiger partial charge on any atom is -0.457 e. The second-order valence-electron chi connectivity index (χ2n) is 5.58. The van der Waals surface area contributed by atoms with E-state index in [0.29, 0.717) is 17.3 Å². The summed E-state index contributed by atoms with van der Waals surface area (Å²) in [5.74, 6) is 1.67. The molecule has 0 atom stereocenters. The smallest absolute Gasteiger partial charge is 0.412 e. The predicted octanol–water partition coefficient (Wildman–Crippen LogP) is 3.80. The predicted molar refractivity (Wildman–Crippen MR) is 101 cm³/mol. The van der Waals surface area contributed by atoms with Gasteiger partial charge in [-0.2, -0.15) is 11.8 Å². The number of nitrogens with one attached hydrogen (secondary N) is 1.